The summed E-state index contributed by atoms with van der Waals surface area (Å²) in [6.45, 7) is 4.56. The number of rotatable bonds is 3. The van der Waals surface area contributed by atoms with Crippen molar-refractivity contribution in [1.29, 1.82) is 0 Å². The zero-order valence-electron chi connectivity index (χ0n) is 13.1. The van der Waals surface area contributed by atoms with Gasteiger partial charge < -0.3 is 15.0 Å². The van der Waals surface area contributed by atoms with Crippen molar-refractivity contribution in [2.24, 2.45) is 5.41 Å². The normalized spacial score (nSPS) is 20.8. The van der Waals surface area contributed by atoms with Crippen molar-refractivity contribution >= 4 is 12.0 Å². The van der Waals surface area contributed by atoms with Crippen LogP contribution in [0.15, 0.2) is 18.2 Å². The van der Waals surface area contributed by atoms with Crippen molar-refractivity contribution in [3.05, 3.63) is 35.1 Å². The summed E-state index contributed by atoms with van der Waals surface area (Å²) in [7, 11) is 1.35. The van der Waals surface area contributed by atoms with Gasteiger partial charge in [0.1, 0.15) is 5.82 Å². The minimum atomic E-state index is -0.651. The average Bonchev–Trinajstić information content (AvgIpc) is 2.91. The molecule has 1 heterocycles. The summed E-state index contributed by atoms with van der Waals surface area (Å²) in [5.41, 5.74) is 0.622. The van der Waals surface area contributed by atoms with Gasteiger partial charge in [0.2, 0.25) is 0 Å². The summed E-state index contributed by atoms with van der Waals surface area (Å²) in [6, 6.07) is 4.62. The fourth-order valence-corrected chi connectivity index (χ4v) is 2.58. The zero-order chi connectivity index (χ0) is 16.3. The number of benzene rings is 1. The summed E-state index contributed by atoms with van der Waals surface area (Å²) in [6.07, 6.45) is 0.576. The van der Waals surface area contributed by atoms with Crippen molar-refractivity contribution in [3.8, 4) is 0 Å². The first-order chi connectivity index (χ1) is 10.4. The Bertz CT molecular complexity index is 591. The number of esters is 1. The molecule has 5 nitrogen and oxygen atoms in total. The van der Waals surface area contributed by atoms with Crippen molar-refractivity contribution in [1.82, 2.24) is 10.2 Å². The summed E-state index contributed by atoms with van der Waals surface area (Å²) in [5.74, 6) is -0.588. The second kappa shape index (κ2) is 6.34. The summed E-state index contributed by atoms with van der Waals surface area (Å²) < 4.78 is 18.2. The van der Waals surface area contributed by atoms with Gasteiger partial charge in [0.05, 0.1) is 12.5 Å². The third kappa shape index (κ3) is 3.37. The lowest BCUT2D eigenvalue weighted by molar-refractivity contribution is -0.150. The van der Waals surface area contributed by atoms with Crippen LogP contribution in [0.2, 0.25) is 0 Å². The molecule has 6 heteroatoms. The zero-order valence-corrected chi connectivity index (χ0v) is 13.1. The Kier molecular flexibility index (Phi) is 4.68. The SMILES string of the molecule is COC(=O)[C@]1(C)CCN(C(=O)NCc2ccc(C)c(F)c2)C1. The molecule has 0 saturated carbocycles. The number of methoxy groups -OCH3 is 1. The molecule has 1 aliphatic rings. The van der Waals surface area contributed by atoms with Gasteiger partial charge in [-0.25, -0.2) is 9.18 Å². The lowest BCUT2D eigenvalue weighted by atomic mass is 9.90. The van der Waals surface area contributed by atoms with Gasteiger partial charge in [-0.1, -0.05) is 12.1 Å². The first-order valence-corrected chi connectivity index (χ1v) is 7.22. The Balaban J connectivity index is 1.91. The Morgan fingerprint density at radius 3 is 2.82 bits per heavy atom. The molecule has 1 fully saturated rings. The van der Waals surface area contributed by atoms with E-state index in [1.165, 1.54) is 13.2 Å². The van der Waals surface area contributed by atoms with E-state index in [1.54, 1.807) is 30.9 Å². The van der Waals surface area contributed by atoms with Gasteiger partial charge in [-0.15, -0.1) is 0 Å². The molecule has 0 unspecified atom stereocenters. The Labute approximate surface area is 129 Å². The largest absolute Gasteiger partial charge is 0.469 e. The van der Waals surface area contributed by atoms with Gasteiger partial charge in [0.15, 0.2) is 0 Å². The van der Waals surface area contributed by atoms with E-state index < -0.39 is 5.41 Å². The van der Waals surface area contributed by atoms with Gasteiger partial charge in [0, 0.05) is 19.6 Å². The van der Waals surface area contributed by atoms with Gasteiger partial charge >= 0.3 is 12.0 Å². The molecule has 0 radical (unpaired) electrons. The number of halogens is 1. The highest BCUT2D eigenvalue weighted by Crippen LogP contribution is 2.31. The molecule has 1 aromatic carbocycles. The number of nitrogens with zero attached hydrogens (tertiary/aromatic N) is 1. The van der Waals surface area contributed by atoms with Crippen LogP contribution in [0.4, 0.5) is 9.18 Å². The highest BCUT2D eigenvalue weighted by atomic mass is 19.1. The molecule has 1 saturated heterocycles. The number of amides is 2. The molecule has 0 spiro atoms. The second-order valence-electron chi connectivity index (χ2n) is 5.97. The number of urea groups is 1. The minimum absolute atomic E-state index is 0.251. The topological polar surface area (TPSA) is 58.6 Å². The van der Waals surface area contributed by atoms with E-state index in [2.05, 4.69) is 5.32 Å². The lowest BCUT2D eigenvalue weighted by Gasteiger charge is -2.22. The number of carbonyl (C=O) groups is 2. The number of aryl methyl sites for hydroxylation is 1. The third-order valence-corrected chi connectivity index (χ3v) is 4.12. The van der Waals surface area contributed by atoms with Crippen LogP contribution >= 0.6 is 0 Å². The second-order valence-corrected chi connectivity index (χ2v) is 5.97. The predicted molar refractivity (Wildman–Crippen MR) is 79.7 cm³/mol. The van der Waals surface area contributed by atoms with Crippen molar-refractivity contribution in [3.63, 3.8) is 0 Å². The first-order valence-electron chi connectivity index (χ1n) is 7.22. The minimum Gasteiger partial charge on any atom is -0.469 e. The smallest absolute Gasteiger partial charge is 0.317 e. The highest BCUT2D eigenvalue weighted by molar-refractivity contribution is 5.80. The molecule has 0 aliphatic carbocycles. The predicted octanol–water partition coefficient (Wildman–Crippen LogP) is 2.23. The number of likely N-dealkylation sites (tertiary alicyclic amines) is 1. The van der Waals surface area contributed by atoms with Crippen molar-refractivity contribution in [2.45, 2.75) is 26.8 Å². The molecule has 0 bridgehead atoms. The number of hydrogen-bond donors (Lipinski definition) is 1. The molecule has 120 valence electrons. The van der Waals surface area contributed by atoms with Crippen molar-refractivity contribution < 1.29 is 18.7 Å². The molecule has 1 aromatic rings. The molecule has 1 aliphatic heterocycles. The number of nitrogens with one attached hydrogen (secondary N) is 1. The van der Waals surface area contributed by atoms with Crippen LogP contribution in [-0.2, 0) is 16.1 Å². The van der Waals surface area contributed by atoms with Gasteiger partial charge in [-0.3, -0.25) is 4.79 Å². The van der Waals surface area contributed by atoms with Crippen LogP contribution in [0.5, 0.6) is 0 Å². The Morgan fingerprint density at radius 2 is 2.18 bits per heavy atom. The standard InChI is InChI=1S/C16H21FN2O3/c1-11-4-5-12(8-13(11)17)9-18-15(21)19-7-6-16(2,10-19)14(20)22-3/h4-5,8H,6-7,9-10H2,1-3H3,(H,18,21)/t16-/m1/s1. The Hall–Kier alpha value is -2.11. The first kappa shape index (κ1) is 16.3. The van der Waals surface area contributed by atoms with Crippen LogP contribution in [0.25, 0.3) is 0 Å². The fraction of sp³-hybridized carbons (Fsp3) is 0.500. The molecule has 0 aromatic heterocycles. The quantitative estimate of drug-likeness (QED) is 0.871. The summed E-state index contributed by atoms with van der Waals surface area (Å²) in [5, 5.41) is 2.75. The Morgan fingerprint density at radius 1 is 1.45 bits per heavy atom. The monoisotopic (exact) mass is 308 g/mol. The van der Waals surface area contributed by atoms with E-state index in [9.17, 15) is 14.0 Å². The maximum atomic E-state index is 13.5. The van der Waals surface area contributed by atoms with Gasteiger partial charge in [-0.2, -0.15) is 0 Å². The number of hydrogen-bond acceptors (Lipinski definition) is 3. The molecule has 2 rings (SSSR count). The lowest BCUT2D eigenvalue weighted by Crippen LogP contribution is -2.40. The molecule has 1 N–H and O–H groups in total. The number of ether oxygens (including phenoxy) is 1. The van der Waals surface area contributed by atoms with E-state index in [-0.39, 0.29) is 24.4 Å². The van der Waals surface area contributed by atoms with E-state index in [0.717, 1.165) is 0 Å². The van der Waals surface area contributed by atoms with E-state index >= 15 is 0 Å². The fourth-order valence-electron chi connectivity index (χ4n) is 2.58. The van der Waals surface area contributed by atoms with Crippen LogP contribution < -0.4 is 5.32 Å². The maximum absolute atomic E-state index is 13.5. The van der Waals surface area contributed by atoms with Crippen molar-refractivity contribution in [2.75, 3.05) is 20.2 Å². The molecule has 22 heavy (non-hydrogen) atoms. The molecule has 1 atom stereocenters. The highest BCUT2D eigenvalue weighted by Gasteiger charge is 2.42. The van der Waals surface area contributed by atoms with E-state index in [1.807, 2.05) is 0 Å². The van der Waals surface area contributed by atoms with E-state index in [4.69, 9.17) is 4.74 Å². The number of carbonyl (C=O) groups excluding carboxylic acids is 2. The molecular formula is C16H21FN2O3. The molecule has 2 amide bonds. The summed E-state index contributed by atoms with van der Waals surface area (Å²) >= 11 is 0. The van der Waals surface area contributed by atoms with Gasteiger partial charge in [-0.05, 0) is 37.5 Å². The van der Waals surface area contributed by atoms with Crippen LogP contribution in [0, 0.1) is 18.2 Å². The maximum Gasteiger partial charge on any atom is 0.317 e. The molecular weight excluding hydrogens is 287 g/mol. The van der Waals surface area contributed by atoms with Crippen LogP contribution in [0.3, 0.4) is 0 Å². The van der Waals surface area contributed by atoms with Crippen LogP contribution in [-0.4, -0.2) is 37.1 Å². The van der Waals surface area contributed by atoms with Gasteiger partial charge in [0.25, 0.3) is 0 Å². The average molecular weight is 308 g/mol. The van der Waals surface area contributed by atoms with E-state index in [0.29, 0.717) is 30.6 Å². The summed E-state index contributed by atoms with van der Waals surface area (Å²) in [4.78, 5) is 25.5. The van der Waals surface area contributed by atoms with Crippen LogP contribution in [0.1, 0.15) is 24.5 Å². The third-order valence-electron chi connectivity index (χ3n) is 4.12.